The minimum absolute atomic E-state index is 0.156. The van der Waals surface area contributed by atoms with Gasteiger partial charge in [-0.3, -0.25) is 14.6 Å². The van der Waals surface area contributed by atoms with E-state index in [0.29, 0.717) is 18.8 Å². The minimum Gasteiger partial charge on any atom is -0.394 e. The number of hydrogen-bond acceptors (Lipinski definition) is 4. The van der Waals surface area contributed by atoms with Crippen molar-refractivity contribution in [3.8, 4) is 0 Å². The Balaban J connectivity index is 2.17. The van der Waals surface area contributed by atoms with Gasteiger partial charge >= 0.3 is 5.69 Å². The molecule has 0 bridgehead atoms. The van der Waals surface area contributed by atoms with Crippen molar-refractivity contribution in [1.82, 2.24) is 15.3 Å². The van der Waals surface area contributed by atoms with Gasteiger partial charge in [-0.15, -0.1) is 0 Å². The Hall–Kier alpha value is -1.89. The van der Waals surface area contributed by atoms with Crippen LogP contribution >= 0.6 is 0 Å². The number of hydrogen-bond donors (Lipinski definition) is 4. The second kappa shape index (κ2) is 5.62. The highest BCUT2D eigenvalue weighted by Gasteiger charge is 2.35. The maximum Gasteiger partial charge on any atom is 0.325 e. The van der Waals surface area contributed by atoms with Gasteiger partial charge in [0, 0.05) is 6.20 Å². The highest BCUT2D eigenvalue weighted by atomic mass is 16.3. The second-order valence-corrected chi connectivity index (χ2v) is 5.56. The minimum atomic E-state index is -0.733. The first-order chi connectivity index (χ1) is 9.46. The molecule has 1 aliphatic rings. The molecule has 2 rings (SSSR count). The maximum absolute atomic E-state index is 12.1. The number of carbonyl (C=O) groups excluding carboxylic acids is 1. The van der Waals surface area contributed by atoms with Gasteiger partial charge in [-0.25, -0.2) is 4.79 Å². The van der Waals surface area contributed by atoms with E-state index in [1.54, 1.807) is 0 Å². The van der Waals surface area contributed by atoms with Gasteiger partial charge in [0.2, 0.25) is 0 Å². The van der Waals surface area contributed by atoms with E-state index in [-0.39, 0.29) is 12.2 Å². The molecule has 110 valence electrons. The van der Waals surface area contributed by atoms with E-state index in [4.69, 9.17) is 0 Å². The first-order valence-corrected chi connectivity index (χ1v) is 6.71. The second-order valence-electron chi connectivity index (χ2n) is 5.56. The molecule has 1 aromatic rings. The quantitative estimate of drug-likeness (QED) is 0.610. The Morgan fingerprint density at radius 3 is 2.65 bits per heavy atom. The average molecular weight is 281 g/mol. The SMILES string of the molecule is CC1CCC(CO)(NC(=O)c2c[nH]c(=O)[nH]c2=O)CC1. The van der Waals surface area contributed by atoms with E-state index in [2.05, 4.69) is 17.2 Å². The molecule has 0 saturated heterocycles. The van der Waals surface area contributed by atoms with Gasteiger partial charge in [0.1, 0.15) is 5.56 Å². The van der Waals surface area contributed by atoms with Crippen LogP contribution in [0.25, 0.3) is 0 Å². The number of carbonyl (C=O) groups is 1. The van der Waals surface area contributed by atoms with Crippen molar-refractivity contribution in [1.29, 1.82) is 0 Å². The van der Waals surface area contributed by atoms with Crippen LogP contribution in [0.15, 0.2) is 15.8 Å². The van der Waals surface area contributed by atoms with Crippen molar-refractivity contribution >= 4 is 5.91 Å². The van der Waals surface area contributed by atoms with Crippen molar-refractivity contribution in [2.75, 3.05) is 6.61 Å². The van der Waals surface area contributed by atoms with Crippen molar-refractivity contribution in [3.63, 3.8) is 0 Å². The third-order valence-corrected chi connectivity index (χ3v) is 3.98. The summed E-state index contributed by atoms with van der Waals surface area (Å²) in [6.45, 7) is 1.97. The topological polar surface area (TPSA) is 115 Å². The lowest BCUT2D eigenvalue weighted by Gasteiger charge is -2.38. The summed E-state index contributed by atoms with van der Waals surface area (Å²) in [5.74, 6) is -0.00540. The number of aliphatic hydroxyl groups excluding tert-OH is 1. The number of rotatable bonds is 3. The standard InChI is InChI=1S/C13H19N3O4/c1-8-2-4-13(7-17,5-3-8)16-11(19)9-6-14-12(20)15-10(9)18/h6,8,17H,2-5,7H2,1H3,(H,16,19)(H2,14,15,18,20). The van der Waals surface area contributed by atoms with E-state index in [1.807, 2.05) is 4.98 Å². The van der Waals surface area contributed by atoms with Crippen LogP contribution in [-0.4, -0.2) is 33.1 Å². The summed E-state index contributed by atoms with van der Waals surface area (Å²) >= 11 is 0. The summed E-state index contributed by atoms with van der Waals surface area (Å²) in [6.07, 6.45) is 4.29. The van der Waals surface area contributed by atoms with Crippen molar-refractivity contribution < 1.29 is 9.90 Å². The summed E-state index contributed by atoms with van der Waals surface area (Å²) < 4.78 is 0. The van der Waals surface area contributed by atoms with E-state index in [9.17, 15) is 19.5 Å². The lowest BCUT2D eigenvalue weighted by Crippen LogP contribution is -2.54. The summed E-state index contributed by atoms with van der Waals surface area (Å²) in [7, 11) is 0. The highest BCUT2D eigenvalue weighted by molar-refractivity contribution is 5.94. The van der Waals surface area contributed by atoms with Crippen molar-refractivity contribution in [2.24, 2.45) is 5.92 Å². The van der Waals surface area contributed by atoms with Gasteiger partial charge in [0.25, 0.3) is 11.5 Å². The number of H-pyrrole nitrogens is 2. The lowest BCUT2D eigenvalue weighted by molar-refractivity contribution is 0.0715. The molecule has 1 heterocycles. The van der Waals surface area contributed by atoms with Crippen LogP contribution in [0.4, 0.5) is 0 Å². The van der Waals surface area contributed by atoms with Crippen LogP contribution < -0.4 is 16.6 Å². The Morgan fingerprint density at radius 1 is 1.45 bits per heavy atom. The molecular weight excluding hydrogens is 262 g/mol. The maximum atomic E-state index is 12.1. The first kappa shape index (κ1) is 14.5. The van der Waals surface area contributed by atoms with E-state index < -0.39 is 22.7 Å². The number of aliphatic hydroxyl groups is 1. The molecule has 1 fully saturated rings. The molecule has 7 heteroatoms. The fourth-order valence-corrected chi connectivity index (χ4v) is 2.52. The zero-order valence-electron chi connectivity index (χ0n) is 11.4. The predicted octanol–water partition coefficient (Wildman–Crippen LogP) is -0.266. The van der Waals surface area contributed by atoms with Crippen LogP contribution in [0, 0.1) is 5.92 Å². The van der Waals surface area contributed by atoms with Gasteiger partial charge in [-0.05, 0) is 31.6 Å². The molecule has 0 spiro atoms. The van der Waals surface area contributed by atoms with Crippen LogP contribution in [0.3, 0.4) is 0 Å². The molecule has 0 aliphatic heterocycles. The van der Waals surface area contributed by atoms with Gasteiger partial charge in [-0.1, -0.05) is 6.92 Å². The number of nitrogens with one attached hydrogen (secondary N) is 3. The zero-order chi connectivity index (χ0) is 14.8. The van der Waals surface area contributed by atoms with E-state index in [0.717, 1.165) is 19.0 Å². The lowest BCUT2D eigenvalue weighted by atomic mass is 9.77. The van der Waals surface area contributed by atoms with E-state index >= 15 is 0 Å². The molecule has 7 nitrogen and oxygen atoms in total. The predicted molar refractivity (Wildman–Crippen MR) is 72.6 cm³/mol. The fraction of sp³-hybridized carbons (Fsp3) is 0.615. The molecule has 0 unspecified atom stereocenters. The molecule has 20 heavy (non-hydrogen) atoms. The molecule has 0 radical (unpaired) electrons. The van der Waals surface area contributed by atoms with Gasteiger partial charge in [0.05, 0.1) is 12.1 Å². The normalized spacial score (nSPS) is 26.2. The van der Waals surface area contributed by atoms with Gasteiger partial charge < -0.3 is 15.4 Å². The van der Waals surface area contributed by atoms with Crippen molar-refractivity contribution in [3.05, 3.63) is 32.6 Å². The molecule has 1 aromatic heterocycles. The molecule has 1 amide bonds. The fourth-order valence-electron chi connectivity index (χ4n) is 2.52. The third kappa shape index (κ3) is 2.98. The summed E-state index contributed by atoms with van der Waals surface area (Å²) in [5.41, 5.74) is -2.22. The largest absolute Gasteiger partial charge is 0.394 e. The first-order valence-electron chi connectivity index (χ1n) is 6.71. The Labute approximate surface area is 115 Å². The van der Waals surface area contributed by atoms with Gasteiger partial charge in [-0.2, -0.15) is 0 Å². The molecule has 0 atom stereocenters. The van der Waals surface area contributed by atoms with Crippen LogP contribution in [0.5, 0.6) is 0 Å². The number of aromatic nitrogens is 2. The molecule has 4 N–H and O–H groups in total. The van der Waals surface area contributed by atoms with Crippen LogP contribution in [0.1, 0.15) is 43.0 Å². The molecule has 1 saturated carbocycles. The van der Waals surface area contributed by atoms with Crippen molar-refractivity contribution in [2.45, 2.75) is 38.1 Å². The molecule has 1 aliphatic carbocycles. The Morgan fingerprint density at radius 2 is 2.10 bits per heavy atom. The zero-order valence-corrected chi connectivity index (χ0v) is 11.4. The average Bonchev–Trinajstić information content (AvgIpc) is 2.41. The Bertz CT molecular complexity index is 596. The highest BCUT2D eigenvalue weighted by Crippen LogP contribution is 2.31. The van der Waals surface area contributed by atoms with Crippen LogP contribution in [0.2, 0.25) is 0 Å². The number of amides is 1. The van der Waals surface area contributed by atoms with E-state index in [1.165, 1.54) is 0 Å². The smallest absolute Gasteiger partial charge is 0.325 e. The third-order valence-electron chi connectivity index (χ3n) is 3.98. The molecular formula is C13H19N3O4. The summed E-state index contributed by atoms with van der Waals surface area (Å²) in [5, 5.41) is 12.3. The summed E-state index contributed by atoms with van der Waals surface area (Å²) in [6, 6.07) is 0. The van der Waals surface area contributed by atoms with Gasteiger partial charge in [0.15, 0.2) is 0 Å². The Kier molecular flexibility index (Phi) is 4.08. The molecule has 0 aromatic carbocycles. The number of aromatic amines is 2. The monoisotopic (exact) mass is 281 g/mol. The van der Waals surface area contributed by atoms with Crippen LogP contribution in [-0.2, 0) is 0 Å². The summed E-state index contributed by atoms with van der Waals surface area (Å²) in [4.78, 5) is 38.9.